The van der Waals surface area contributed by atoms with Gasteiger partial charge in [0.25, 0.3) is 0 Å². The molecule has 3 aliphatic rings. The normalized spacial score (nSPS) is 22.1. The molecule has 0 unspecified atom stereocenters. The van der Waals surface area contributed by atoms with Crippen LogP contribution >= 0.6 is 0 Å². The van der Waals surface area contributed by atoms with Gasteiger partial charge in [0.1, 0.15) is 30.0 Å². The first-order valence-corrected chi connectivity index (χ1v) is 11.5. The summed E-state index contributed by atoms with van der Waals surface area (Å²) in [6, 6.07) is 2.87. The summed E-state index contributed by atoms with van der Waals surface area (Å²) in [6.07, 6.45) is 2.15. The van der Waals surface area contributed by atoms with Gasteiger partial charge in [0.2, 0.25) is 5.82 Å². The molecule has 2 aromatic heterocycles. The van der Waals surface area contributed by atoms with Crippen molar-refractivity contribution in [2.24, 2.45) is 0 Å². The van der Waals surface area contributed by atoms with Gasteiger partial charge in [-0.1, -0.05) is 0 Å². The van der Waals surface area contributed by atoms with Crippen molar-refractivity contribution >= 4 is 29.3 Å². The third-order valence-corrected chi connectivity index (χ3v) is 6.17. The zero-order chi connectivity index (χ0) is 24.7. The number of anilines is 3. The van der Waals surface area contributed by atoms with Crippen molar-refractivity contribution in [2.75, 3.05) is 48.5 Å². The van der Waals surface area contributed by atoms with Crippen LogP contribution in [-0.4, -0.2) is 78.3 Å². The fourth-order valence-corrected chi connectivity index (χ4v) is 4.64. The van der Waals surface area contributed by atoms with E-state index in [0.717, 1.165) is 18.7 Å². The Bertz CT molecular complexity index is 1160. The fraction of sp³-hybridized carbons (Fsp3) is 0.522. The number of nitrogens with zero attached hydrogens (tertiary/aromatic N) is 5. The maximum atomic E-state index is 13.4. The van der Waals surface area contributed by atoms with Crippen LogP contribution in [0.5, 0.6) is 5.75 Å². The molecule has 2 bridgehead atoms. The van der Waals surface area contributed by atoms with Gasteiger partial charge in [-0.25, -0.2) is 24.5 Å². The summed E-state index contributed by atoms with van der Waals surface area (Å²) in [6.45, 7) is 7.71. The molecule has 35 heavy (non-hydrogen) atoms. The maximum Gasteiger partial charge on any atom is 0.376 e. The summed E-state index contributed by atoms with van der Waals surface area (Å²) in [7, 11) is 1.27. The van der Waals surface area contributed by atoms with E-state index in [-0.39, 0.29) is 18.0 Å². The highest BCUT2D eigenvalue weighted by atomic mass is 16.7. The molecule has 0 radical (unpaired) electrons. The summed E-state index contributed by atoms with van der Waals surface area (Å²) < 4.78 is 21.9. The zero-order valence-corrected chi connectivity index (χ0v) is 20.1. The quantitative estimate of drug-likeness (QED) is 0.630. The number of esters is 1. The number of aromatic nitrogens is 3. The van der Waals surface area contributed by atoms with Gasteiger partial charge in [-0.15, -0.1) is 0 Å². The molecule has 2 aromatic rings. The fourth-order valence-electron chi connectivity index (χ4n) is 4.64. The van der Waals surface area contributed by atoms with Crippen molar-refractivity contribution in [3.8, 4) is 5.75 Å². The van der Waals surface area contributed by atoms with Gasteiger partial charge in [0, 0.05) is 25.4 Å². The predicted octanol–water partition coefficient (Wildman–Crippen LogP) is 2.13. The third kappa shape index (κ3) is 4.58. The predicted molar refractivity (Wildman–Crippen MR) is 125 cm³/mol. The van der Waals surface area contributed by atoms with Gasteiger partial charge < -0.3 is 23.8 Å². The van der Waals surface area contributed by atoms with E-state index in [1.807, 2.05) is 13.8 Å². The van der Waals surface area contributed by atoms with Crippen LogP contribution in [0.3, 0.4) is 0 Å². The van der Waals surface area contributed by atoms with Crippen molar-refractivity contribution in [2.45, 2.75) is 45.1 Å². The molecule has 0 aliphatic carbocycles. The Morgan fingerprint density at radius 3 is 2.89 bits per heavy atom. The topological polar surface area (TPSA) is 128 Å². The Labute approximate surface area is 202 Å². The third-order valence-electron chi connectivity index (χ3n) is 6.17. The van der Waals surface area contributed by atoms with Crippen LogP contribution < -0.4 is 19.9 Å². The second-order valence-corrected chi connectivity index (χ2v) is 9.12. The number of fused-ring (bicyclic) bond motifs is 4. The van der Waals surface area contributed by atoms with Crippen LogP contribution in [0.4, 0.5) is 22.1 Å². The highest BCUT2D eigenvalue weighted by molar-refractivity contribution is 6.04. The van der Waals surface area contributed by atoms with Gasteiger partial charge in [0.05, 0.1) is 25.5 Å². The van der Waals surface area contributed by atoms with Gasteiger partial charge >= 0.3 is 12.0 Å². The first kappa shape index (κ1) is 23.2. The molecule has 5 rings (SSSR count). The second-order valence-electron chi connectivity index (χ2n) is 9.12. The molecule has 0 aromatic carbocycles. The largest absolute Gasteiger partial charge is 0.491 e. The summed E-state index contributed by atoms with van der Waals surface area (Å²) in [5.74, 6) is -0.105. The van der Waals surface area contributed by atoms with Crippen LogP contribution in [0, 0.1) is 6.92 Å². The number of carbonyl (C=O) groups is 2. The molecule has 12 nitrogen and oxygen atoms in total. The number of hydrogen-bond donors (Lipinski definition) is 1. The van der Waals surface area contributed by atoms with E-state index in [1.54, 1.807) is 30.2 Å². The molecule has 2 saturated heterocycles. The van der Waals surface area contributed by atoms with Crippen molar-refractivity contribution in [1.29, 1.82) is 0 Å². The van der Waals surface area contributed by atoms with Gasteiger partial charge in [-0.05, 0) is 33.3 Å². The van der Waals surface area contributed by atoms with Crippen molar-refractivity contribution in [3.05, 3.63) is 29.8 Å². The van der Waals surface area contributed by atoms with Crippen molar-refractivity contribution < 1.29 is 28.5 Å². The lowest BCUT2D eigenvalue weighted by molar-refractivity contribution is -0.141. The minimum Gasteiger partial charge on any atom is -0.491 e. The molecule has 2 fully saturated rings. The SMILES string of the molecule is COC(=O)c1nc(C)c2c(n1)N(C(=O)Nc1cc(OC[C@H]3COC(C)(C)O3)ccn1)[C@H]1CCN2C1. The molecule has 0 saturated carbocycles. The minimum absolute atomic E-state index is 0.0844. The lowest BCUT2D eigenvalue weighted by Crippen LogP contribution is -2.49. The Morgan fingerprint density at radius 2 is 2.14 bits per heavy atom. The van der Waals surface area contributed by atoms with E-state index in [4.69, 9.17) is 18.9 Å². The van der Waals surface area contributed by atoms with E-state index in [9.17, 15) is 9.59 Å². The van der Waals surface area contributed by atoms with Crippen LogP contribution in [0.2, 0.25) is 0 Å². The average Bonchev–Trinajstić information content (AvgIpc) is 3.39. The number of urea groups is 1. The summed E-state index contributed by atoms with van der Waals surface area (Å²) in [4.78, 5) is 42.2. The smallest absolute Gasteiger partial charge is 0.376 e. The summed E-state index contributed by atoms with van der Waals surface area (Å²) >= 11 is 0. The maximum absolute atomic E-state index is 13.4. The van der Waals surface area contributed by atoms with Crippen LogP contribution in [0.15, 0.2) is 18.3 Å². The van der Waals surface area contributed by atoms with Gasteiger partial charge in [0.15, 0.2) is 11.6 Å². The zero-order valence-electron chi connectivity index (χ0n) is 20.1. The van der Waals surface area contributed by atoms with E-state index in [1.165, 1.54) is 7.11 Å². The number of carbonyl (C=O) groups excluding carboxylic acids is 2. The first-order valence-electron chi connectivity index (χ1n) is 11.5. The Kier molecular flexibility index (Phi) is 5.93. The van der Waals surface area contributed by atoms with Crippen LogP contribution in [0.25, 0.3) is 0 Å². The highest BCUT2D eigenvalue weighted by Crippen LogP contribution is 2.40. The molecule has 5 heterocycles. The molecule has 2 amide bonds. The minimum atomic E-state index is -0.657. The monoisotopic (exact) mass is 484 g/mol. The molecule has 2 atom stereocenters. The second kappa shape index (κ2) is 8.93. The molecule has 1 N–H and O–H groups in total. The molecule has 186 valence electrons. The van der Waals surface area contributed by atoms with E-state index in [0.29, 0.717) is 42.8 Å². The van der Waals surface area contributed by atoms with E-state index in [2.05, 4.69) is 25.2 Å². The van der Waals surface area contributed by atoms with Crippen molar-refractivity contribution in [3.63, 3.8) is 0 Å². The van der Waals surface area contributed by atoms with Gasteiger partial charge in [-0.3, -0.25) is 10.2 Å². The Morgan fingerprint density at radius 1 is 1.31 bits per heavy atom. The number of nitrogens with one attached hydrogen (secondary N) is 1. The number of methoxy groups -OCH3 is 1. The van der Waals surface area contributed by atoms with Crippen LogP contribution in [-0.2, 0) is 14.2 Å². The molecular formula is C23H28N6O6. The number of hydrogen-bond acceptors (Lipinski definition) is 10. The Balaban J connectivity index is 1.34. The number of pyridine rings is 1. The Hall–Kier alpha value is -3.51. The lowest BCUT2D eigenvalue weighted by Gasteiger charge is -2.36. The molecule has 0 spiro atoms. The lowest BCUT2D eigenvalue weighted by atomic mass is 10.1. The summed E-state index contributed by atoms with van der Waals surface area (Å²) in [5, 5.41) is 2.84. The van der Waals surface area contributed by atoms with Crippen molar-refractivity contribution in [1.82, 2.24) is 15.0 Å². The highest BCUT2D eigenvalue weighted by Gasteiger charge is 2.42. The van der Waals surface area contributed by atoms with Crippen LogP contribution in [0.1, 0.15) is 36.6 Å². The number of amides is 2. The van der Waals surface area contributed by atoms with E-state index < -0.39 is 17.8 Å². The number of rotatable bonds is 5. The van der Waals surface area contributed by atoms with E-state index >= 15 is 0 Å². The van der Waals surface area contributed by atoms with Gasteiger partial charge in [-0.2, -0.15) is 0 Å². The number of ether oxygens (including phenoxy) is 4. The molecule has 12 heteroatoms. The average molecular weight is 485 g/mol. The first-order chi connectivity index (χ1) is 16.7. The molecule has 3 aliphatic heterocycles. The molecular weight excluding hydrogens is 456 g/mol. The summed E-state index contributed by atoms with van der Waals surface area (Å²) in [5.41, 5.74) is 1.36. The standard InChI is InChI=1S/C23H28N6O6/c1-13-18-20(27-19(25-13)21(30)32-4)29(14-6-8-28(18)10-14)22(31)26-17-9-15(5-7-24-17)33-11-16-12-34-23(2,3)35-16/h5,7,9,14,16H,6,8,10-12H2,1-4H3,(H,24,26,31)/t14-,16-/m0/s1. The number of aryl methyl sites for hydroxylation is 1.